The van der Waals surface area contributed by atoms with Crippen LogP contribution < -0.4 is 19.8 Å². The lowest BCUT2D eigenvalue weighted by Crippen LogP contribution is -2.30. The monoisotopic (exact) mass is 1040 g/mol. The van der Waals surface area contributed by atoms with Crippen molar-refractivity contribution < 1.29 is 10.2 Å². The van der Waals surface area contributed by atoms with Gasteiger partial charge in [0.1, 0.15) is 0 Å². The second-order valence-corrected chi connectivity index (χ2v) is 21.8. The maximum Gasteiger partial charge on any atom is 0.175 e. The van der Waals surface area contributed by atoms with Crippen molar-refractivity contribution in [3.63, 3.8) is 0 Å². The van der Waals surface area contributed by atoms with Gasteiger partial charge in [0.25, 0.3) is 0 Å². The van der Waals surface area contributed by atoms with Crippen molar-refractivity contribution in [2.45, 2.75) is 48.6 Å². The van der Waals surface area contributed by atoms with E-state index >= 15 is 0 Å². The van der Waals surface area contributed by atoms with E-state index in [1.54, 1.807) is 0 Å². The fourth-order valence-corrected chi connectivity index (χ4v) is 11.1. The summed E-state index contributed by atoms with van der Waals surface area (Å²) in [6, 6.07) is 70.7. The topological polar surface area (TPSA) is 104 Å². The van der Waals surface area contributed by atoms with Crippen LogP contribution in [0.1, 0.15) is 33.4 Å². The summed E-state index contributed by atoms with van der Waals surface area (Å²) in [7, 11) is 0. The summed E-state index contributed by atoms with van der Waals surface area (Å²) in [4.78, 5) is 4.50. The normalized spacial score (nSPS) is 12.2. The Kier molecular flexibility index (Phi) is 17.9. The maximum absolute atomic E-state index is 11.4. The number of hydrogen-bond donors (Lipinski definition) is 2. The van der Waals surface area contributed by atoms with Crippen LogP contribution in [0.15, 0.2) is 225 Å². The van der Waals surface area contributed by atoms with E-state index in [-0.39, 0.29) is 13.1 Å². The van der Waals surface area contributed by atoms with Crippen molar-refractivity contribution in [3.05, 3.63) is 240 Å². The van der Waals surface area contributed by atoms with Crippen LogP contribution >= 0.6 is 34.9 Å². The van der Waals surface area contributed by atoms with Crippen LogP contribution in [0.2, 0.25) is 0 Å². The predicted molar refractivity (Wildman–Crippen MR) is 317 cm³/mol. The molecule has 2 atom stereocenters. The molecule has 0 bridgehead atoms. The highest BCUT2D eigenvalue weighted by Crippen LogP contribution is 2.37. The molecule has 2 N–H and O–H groups in total. The number of thioether (sulfide) groups is 2. The van der Waals surface area contributed by atoms with Gasteiger partial charge in [0.2, 0.25) is 0 Å². The van der Waals surface area contributed by atoms with Gasteiger partial charge in [-0.2, -0.15) is 10.2 Å². The molecule has 9 rings (SSSR count). The van der Waals surface area contributed by atoms with Crippen molar-refractivity contribution in [2.24, 2.45) is 10.2 Å². The van der Waals surface area contributed by atoms with Gasteiger partial charge in [0.05, 0.1) is 49.1 Å². The zero-order valence-corrected chi connectivity index (χ0v) is 44.9. The van der Waals surface area contributed by atoms with Crippen molar-refractivity contribution in [3.8, 4) is 0 Å². The van der Waals surface area contributed by atoms with E-state index in [1.807, 2.05) is 83.1 Å². The fraction of sp³-hybridized carbons (Fsp3) is 0.161. The summed E-state index contributed by atoms with van der Waals surface area (Å²) in [5, 5.41) is 44.9. The largest absolute Gasteiger partial charge is 0.390 e. The summed E-state index contributed by atoms with van der Waals surface area (Å²) in [6.45, 7) is 8.95. The van der Waals surface area contributed by atoms with Crippen LogP contribution in [0.3, 0.4) is 0 Å². The van der Waals surface area contributed by atoms with Crippen molar-refractivity contribution in [2.75, 3.05) is 44.4 Å². The molecule has 0 amide bonds. The molecule has 0 radical (unpaired) electrons. The van der Waals surface area contributed by atoms with E-state index in [1.165, 1.54) is 57.1 Å². The van der Waals surface area contributed by atoms with Crippen LogP contribution in [0.5, 0.6) is 0 Å². The molecule has 0 saturated heterocycles. The second-order valence-electron chi connectivity index (χ2n) is 18.3. The van der Waals surface area contributed by atoms with Crippen LogP contribution in [-0.4, -0.2) is 69.6 Å². The summed E-state index contributed by atoms with van der Waals surface area (Å²) in [5.74, 6) is 0.793. The summed E-state index contributed by atoms with van der Waals surface area (Å²) >= 11 is 4.37. The number of aliphatic hydroxyl groups is 2. The summed E-state index contributed by atoms with van der Waals surface area (Å²) in [6.07, 6.45) is 2.23. The van der Waals surface area contributed by atoms with Gasteiger partial charge in [-0.1, -0.05) is 166 Å². The molecule has 8 aromatic carbocycles. The maximum atomic E-state index is 11.4. The average molecular weight is 1050 g/mol. The molecule has 0 aliphatic heterocycles. The van der Waals surface area contributed by atoms with E-state index in [0.29, 0.717) is 11.5 Å². The summed E-state index contributed by atoms with van der Waals surface area (Å²) in [5.41, 5.74) is 14.9. The van der Waals surface area contributed by atoms with E-state index < -0.39 is 12.2 Å². The smallest absolute Gasteiger partial charge is 0.175 e. The van der Waals surface area contributed by atoms with Crippen LogP contribution in [0, 0.1) is 27.7 Å². The number of aliphatic hydroxyl groups excluding tert-OH is 2. The Morgan fingerprint density at radius 3 is 0.973 bits per heavy atom. The minimum absolute atomic E-state index is 0.277. The number of rotatable bonds is 22. The Bertz CT molecular complexity index is 2920. The molecule has 1 heterocycles. The summed E-state index contributed by atoms with van der Waals surface area (Å²) < 4.78 is 1.49. The van der Waals surface area contributed by atoms with E-state index in [0.717, 1.165) is 65.3 Å². The number of aryl methyl sites for hydroxylation is 4. The molecule has 13 heteroatoms. The van der Waals surface area contributed by atoms with Gasteiger partial charge in [0.15, 0.2) is 8.68 Å². The number of aromatic nitrogens is 2. The Morgan fingerprint density at radius 2 is 0.680 bits per heavy atom. The Labute approximate surface area is 453 Å². The zero-order chi connectivity index (χ0) is 51.9. The van der Waals surface area contributed by atoms with Gasteiger partial charge >= 0.3 is 0 Å². The van der Waals surface area contributed by atoms with E-state index in [9.17, 15) is 10.2 Å². The average Bonchev–Trinajstić information content (AvgIpc) is 3.91. The fourth-order valence-electron chi connectivity index (χ4n) is 8.15. The van der Waals surface area contributed by atoms with Crippen molar-refractivity contribution in [1.82, 2.24) is 10.2 Å². The molecule has 0 fully saturated rings. The van der Waals surface area contributed by atoms with E-state index in [4.69, 9.17) is 10.2 Å². The molecule has 0 saturated carbocycles. The third-order valence-electron chi connectivity index (χ3n) is 12.2. The zero-order valence-electron chi connectivity index (χ0n) is 42.5. The molecule has 0 aliphatic rings. The molecular weight excluding hydrogens is 985 g/mol. The first kappa shape index (κ1) is 52.3. The third-order valence-corrected chi connectivity index (χ3v) is 15.7. The predicted octanol–water partition coefficient (Wildman–Crippen LogP) is 14.7. The van der Waals surface area contributed by atoms with Gasteiger partial charge in [-0.15, -0.1) is 10.2 Å². The Morgan fingerprint density at radius 1 is 0.400 bits per heavy atom. The first-order chi connectivity index (χ1) is 36.6. The second kappa shape index (κ2) is 25.6. The molecular formula is C62H60N8O2S3. The molecule has 1 aromatic heterocycles. The lowest BCUT2D eigenvalue weighted by Gasteiger charge is -2.26. The molecule has 0 aliphatic carbocycles. The third kappa shape index (κ3) is 14.6. The van der Waals surface area contributed by atoms with Crippen LogP contribution in [-0.2, 0) is 0 Å². The minimum Gasteiger partial charge on any atom is -0.390 e. The number of nitrogens with zero attached hydrogens (tertiary/aromatic N) is 8. The van der Waals surface area contributed by atoms with Gasteiger partial charge in [-0.05, 0) is 136 Å². The number of hydrogen-bond acceptors (Lipinski definition) is 13. The number of hydrazone groups is 2. The van der Waals surface area contributed by atoms with Crippen molar-refractivity contribution in [1.29, 1.82) is 0 Å². The molecule has 0 spiro atoms. The molecule has 10 nitrogen and oxygen atoms in total. The van der Waals surface area contributed by atoms with Gasteiger partial charge < -0.3 is 20.0 Å². The SMILES string of the molecule is Cc1ccc(N(c2ccc(C)cc2)c2ccc(C=NN(CC(O)CSc3nnc(SCC(O)CN(N=Cc4ccc(N(c5ccc(C)cc5)c5ccc(C)cc5)cc4)c4ccccc4)s3)c3ccccc3)cc2)cc1. The van der Waals surface area contributed by atoms with Crippen LogP contribution in [0.25, 0.3) is 0 Å². The van der Waals surface area contributed by atoms with Gasteiger partial charge in [-0.3, -0.25) is 10.0 Å². The Balaban J connectivity index is 0.794. The highest BCUT2D eigenvalue weighted by atomic mass is 32.2. The highest BCUT2D eigenvalue weighted by molar-refractivity contribution is 8.03. The number of anilines is 8. The first-order valence-electron chi connectivity index (χ1n) is 24.9. The highest BCUT2D eigenvalue weighted by Gasteiger charge is 2.18. The lowest BCUT2D eigenvalue weighted by molar-refractivity contribution is 0.204. The van der Waals surface area contributed by atoms with Crippen molar-refractivity contribution >= 4 is 92.8 Å². The molecule has 9 aromatic rings. The molecule has 2 unspecified atom stereocenters. The molecule has 378 valence electrons. The van der Waals surface area contributed by atoms with Crippen LogP contribution in [0.4, 0.5) is 45.5 Å². The number of para-hydroxylation sites is 2. The quantitative estimate of drug-likeness (QED) is 0.0387. The molecule has 75 heavy (non-hydrogen) atoms. The lowest BCUT2D eigenvalue weighted by atomic mass is 10.1. The van der Waals surface area contributed by atoms with E-state index in [2.05, 4.69) is 193 Å². The first-order valence-corrected chi connectivity index (χ1v) is 27.6. The Hall–Kier alpha value is -7.52. The number of benzene rings is 8. The van der Waals surface area contributed by atoms with Gasteiger partial charge in [0, 0.05) is 45.6 Å². The minimum atomic E-state index is -0.719. The van der Waals surface area contributed by atoms with Gasteiger partial charge in [-0.25, -0.2) is 0 Å². The standard InChI is InChI=1S/C62H60N8O2S3/c1-45-15-27-53(28-16-45)69(54-29-17-46(2)18-30-54)57-35-23-49(24-36-57)39-63-67(51-11-7-5-8-12-51)41-59(71)43-73-61-65-66-62(75-61)74-44-60(72)42-68(52-13-9-6-10-14-52)64-40-50-25-37-58(38-26-50)70(55-31-19-47(3)20-32-55)56-33-21-48(4)22-34-56/h5-40,59-60,71-72H,41-44H2,1-4H3.